The van der Waals surface area contributed by atoms with Gasteiger partial charge in [0, 0.05) is 12.7 Å². The first-order valence-corrected chi connectivity index (χ1v) is 4.80. The fourth-order valence-corrected chi connectivity index (χ4v) is 1.27. The standard InChI is InChI=1S/C10H15N3/c1-7-5-11-8(2)10(13-7)12-6-9-3-4-9/h5,9H,3-4,6H2,1-2H3,(H,12,13). The first-order chi connectivity index (χ1) is 6.25. The fraction of sp³-hybridized carbons (Fsp3) is 0.600. The van der Waals surface area contributed by atoms with Gasteiger partial charge in [0.25, 0.3) is 0 Å². The molecule has 0 amide bonds. The van der Waals surface area contributed by atoms with Gasteiger partial charge in [0.2, 0.25) is 0 Å². The zero-order valence-electron chi connectivity index (χ0n) is 8.17. The summed E-state index contributed by atoms with van der Waals surface area (Å²) in [6.07, 6.45) is 4.54. The van der Waals surface area contributed by atoms with Crippen molar-refractivity contribution < 1.29 is 0 Å². The number of anilines is 1. The van der Waals surface area contributed by atoms with Crippen LogP contribution in [0.4, 0.5) is 5.82 Å². The summed E-state index contributed by atoms with van der Waals surface area (Å²) >= 11 is 0. The highest BCUT2D eigenvalue weighted by molar-refractivity contribution is 5.39. The van der Waals surface area contributed by atoms with Crippen molar-refractivity contribution in [3.8, 4) is 0 Å². The Hall–Kier alpha value is -1.12. The molecule has 0 radical (unpaired) electrons. The molecule has 1 aliphatic rings. The molecule has 0 aromatic carbocycles. The second kappa shape index (κ2) is 3.32. The molecule has 3 heteroatoms. The zero-order chi connectivity index (χ0) is 9.26. The van der Waals surface area contributed by atoms with E-state index >= 15 is 0 Å². The van der Waals surface area contributed by atoms with Gasteiger partial charge in [-0.05, 0) is 32.6 Å². The van der Waals surface area contributed by atoms with Crippen LogP contribution in [0.15, 0.2) is 6.20 Å². The minimum atomic E-state index is 0.877. The number of hydrogen-bond donors (Lipinski definition) is 1. The van der Waals surface area contributed by atoms with Crippen molar-refractivity contribution in [1.29, 1.82) is 0 Å². The molecule has 1 aromatic heterocycles. The maximum atomic E-state index is 4.40. The summed E-state index contributed by atoms with van der Waals surface area (Å²) < 4.78 is 0. The lowest BCUT2D eigenvalue weighted by Crippen LogP contribution is -2.08. The minimum absolute atomic E-state index is 0.877. The summed E-state index contributed by atoms with van der Waals surface area (Å²) in [5.41, 5.74) is 1.97. The molecule has 1 aromatic rings. The largest absolute Gasteiger partial charge is 0.368 e. The summed E-state index contributed by atoms with van der Waals surface area (Å²) in [5.74, 6) is 1.83. The van der Waals surface area contributed by atoms with Gasteiger partial charge < -0.3 is 5.32 Å². The second-order valence-electron chi connectivity index (χ2n) is 3.77. The highest BCUT2D eigenvalue weighted by Gasteiger charge is 2.21. The van der Waals surface area contributed by atoms with Crippen LogP contribution in [-0.2, 0) is 0 Å². The van der Waals surface area contributed by atoms with Gasteiger partial charge in [0.1, 0.15) is 5.82 Å². The maximum Gasteiger partial charge on any atom is 0.147 e. The molecule has 1 N–H and O–H groups in total. The molecule has 0 atom stereocenters. The quantitative estimate of drug-likeness (QED) is 0.766. The smallest absolute Gasteiger partial charge is 0.147 e. The van der Waals surface area contributed by atoms with Crippen LogP contribution in [-0.4, -0.2) is 16.5 Å². The van der Waals surface area contributed by atoms with Crippen molar-refractivity contribution in [3.05, 3.63) is 17.6 Å². The zero-order valence-corrected chi connectivity index (χ0v) is 8.17. The molecule has 3 nitrogen and oxygen atoms in total. The predicted molar refractivity (Wildman–Crippen MR) is 52.7 cm³/mol. The van der Waals surface area contributed by atoms with Crippen molar-refractivity contribution in [2.24, 2.45) is 5.92 Å². The van der Waals surface area contributed by atoms with E-state index in [1.165, 1.54) is 12.8 Å². The highest BCUT2D eigenvalue weighted by Crippen LogP contribution is 2.28. The summed E-state index contributed by atoms with van der Waals surface area (Å²) in [6.45, 7) is 5.01. The molecular weight excluding hydrogens is 162 g/mol. The molecule has 2 rings (SSSR count). The van der Waals surface area contributed by atoms with Crippen molar-refractivity contribution in [3.63, 3.8) is 0 Å². The van der Waals surface area contributed by atoms with Crippen molar-refractivity contribution in [2.45, 2.75) is 26.7 Å². The van der Waals surface area contributed by atoms with Crippen LogP contribution in [0.2, 0.25) is 0 Å². The predicted octanol–water partition coefficient (Wildman–Crippen LogP) is 1.92. The van der Waals surface area contributed by atoms with Gasteiger partial charge >= 0.3 is 0 Å². The highest BCUT2D eigenvalue weighted by atomic mass is 15.0. The van der Waals surface area contributed by atoms with Gasteiger partial charge in [0.15, 0.2) is 0 Å². The average Bonchev–Trinajstić information content (AvgIpc) is 2.90. The number of aromatic nitrogens is 2. The maximum absolute atomic E-state index is 4.40. The van der Waals surface area contributed by atoms with Gasteiger partial charge in [-0.3, -0.25) is 4.98 Å². The summed E-state index contributed by atoms with van der Waals surface area (Å²) in [6, 6.07) is 0. The van der Waals surface area contributed by atoms with E-state index in [-0.39, 0.29) is 0 Å². The third-order valence-electron chi connectivity index (χ3n) is 2.33. The van der Waals surface area contributed by atoms with E-state index in [2.05, 4.69) is 15.3 Å². The van der Waals surface area contributed by atoms with Gasteiger partial charge in [-0.1, -0.05) is 0 Å². The lowest BCUT2D eigenvalue weighted by molar-refractivity contribution is 0.874. The van der Waals surface area contributed by atoms with E-state index in [0.717, 1.165) is 29.7 Å². The van der Waals surface area contributed by atoms with Crippen molar-refractivity contribution >= 4 is 5.82 Å². The normalized spacial score (nSPS) is 15.8. The number of rotatable bonds is 3. The third-order valence-corrected chi connectivity index (χ3v) is 2.33. The second-order valence-corrected chi connectivity index (χ2v) is 3.77. The Bertz CT molecular complexity index is 305. The Morgan fingerprint density at radius 1 is 1.46 bits per heavy atom. The Kier molecular flexibility index (Phi) is 2.17. The summed E-state index contributed by atoms with van der Waals surface area (Å²) in [4.78, 5) is 8.65. The number of nitrogens with zero attached hydrogens (tertiary/aromatic N) is 2. The third kappa shape index (κ3) is 2.17. The molecule has 1 saturated carbocycles. The molecule has 13 heavy (non-hydrogen) atoms. The van der Waals surface area contributed by atoms with Crippen molar-refractivity contribution in [1.82, 2.24) is 9.97 Å². The fourth-order valence-electron chi connectivity index (χ4n) is 1.27. The molecule has 0 bridgehead atoms. The van der Waals surface area contributed by atoms with Crippen LogP contribution in [0, 0.1) is 19.8 Å². The Labute approximate surface area is 78.6 Å². The van der Waals surface area contributed by atoms with E-state index in [1.54, 1.807) is 6.20 Å². The number of aryl methyl sites for hydroxylation is 2. The SMILES string of the molecule is Cc1cnc(C)c(NCC2CC2)n1. The van der Waals surface area contributed by atoms with Crippen LogP contribution in [0.5, 0.6) is 0 Å². The topological polar surface area (TPSA) is 37.8 Å². The van der Waals surface area contributed by atoms with Gasteiger partial charge in [0.05, 0.1) is 11.4 Å². The van der Waals surface area contributed by atoms with Crippen molar-refractivity contribution in [2.75, 3.05) is 11.9 Å². The van der Waals surface area contributed by atoms with Gasteiger partial charge in [-0.15, -0.1) is 0 Å². The molecule has 1 fully saturated rings. The van der Waals surface area contributed by atoms with Gasteiger partial charge in [-0.2, -0.15) is 0 Å². The van der Waals surface area contributed by atoms with E-state index < -0.39 is 0 Å². The minimum Gasteiger partial charge on any atom is -0.368 e. The molecule has 1 heterocycles. The van der Waals surface area contributed by atoms with Crippen LogP contribution in [0.3, 0.4) is 0 Å². The first-order valence-electron chi connectivity index (χ1n) is 4.80. The van der Waals surface area contributed by atoms with E-state index in [9.17, 15) is 0 Å². The Morgan fingerprint density at radius 2 is 2.23 bits per heavy atom. The monoisotopic (exact) mass is 177 g/mol. The van der Waals surface area contributed by atoms with E-state index in [0.29, 0.717) is 0 Å². The number of nitrogens with one attached hydrogen (secondary N) is 1. The first kappa shape index (κ1) is 8.48. The summed E-state index contributed by atoms with van der Waals surface area (Å²) in [7, 11) is 0. The number of hydrogen-bond acceptors (Lipinski definition) is 3. The lowest BCUT2D eigenvalue weighted by Gasteiger charge is -2.07. The molecule has 0 spiro atoms. The molecule has 0 unspecified atom stereocenters. The molecule has 0 saturated heterocycles. The average molecular weight is 177 g/mol. The summed E-state index contributed by atoms with van der Waals surface area (Å²) in [5, 5.41) is 3.34. The Morgan fingerprint density at radius 3 is 2.92 bits per heavy atom. The van der Waals surface area contributed by atoms with Crippen LogP contribution in [0.1, 0.15) is 24.2 Å². The van der Waals surface area contributed by atoms with E-state index in [4.69, 9.17) is 0 Å². The molecule has 70 valence electrons. The Balaban J connectivity index is 2.03. The molecular formula is C10H15N3. The molecule has 0 aliphatic heterocycles. The van der Waals surface area contributed by atoms with Crippen LogP contribution < -0.4 is 5.32 Å². The molecule has 1 aliphatic carbocycles. The lowest BCUT2D eigenvalue weighted by atomic mass is 10.3. The van der Waals surface area contributed by atoms with Crippen LogP contribution >= 0.6 is 0 Å². The van der Waals surface area contributed by atoms with E-state index in [1.807, 2.05) is 13.8 Å². The van der Waals surface area contributed by atoms with Gasteiger partial charge in [-0.25, -0.2) is 4.98 Å². The van der Waals surface area contributed by atoms with Crippen LogP contribution in [0.25, 0.3) is 0 Å².